The van der Waals surface area contributed by atoms with Gasteiger partial charge in [0.1, 0.15) is 0 Å². The summed E-state index contributed by atoms with van der Waals surface area (Å²) in [5, 5.41) is 0.121. The van der Waals surface area contributed by atoms with Gasteiger partial charge in [0.2, 0.25) is 5.91 Å². The molecule has 1 amide bonds. The molecule has 3 nitrogen and oxygen atoms in total. The zero-order valence-electron chi connectivity index (χ0n) is 9.68. The average molecular weight is 249 g/mol. The Labute approximate surface area is 105 Å². The summed E-state index contributed by atoms with van der Waals surface area (Å²) in [5.74, 6) is 0.327. The first-order valence-corrected chi connectivity index (χ1v) is 6.28. The van der Waals surface area contributed by atoms with Crippen molar-refractivity contribution in [1.82, 2.24) is 0 Å². The van der Waals surface area contributed by atoms with Crippen molar-refractivity contribution in [2.75, 3.05) is 5.75 Å². The average Bonchev–Trinajstić information content (AvgIpc) is 2.28. The van der Waals surface area contributed by atoms with Gasteiger partial charge in [-0.25, -0.2) is 0 Å². The summed E-state index contributed by atoms with van der Waals surface area (Å²) in [6.45, 7) is 1.55. The van der Waals surface area contributed by atoms with Crippen LogP contribution in [0.25, 0.3) is 6.08 Å². The number of rotatable bonds is 5. The van der Waals surface area contributed by atoms with E-state index in [2.05, 4.69) is 0 Å². The molecule has 90 valence electrons. The third kappa shape index (κ3) is 4.87. The third-order valence-corrected chi connectivity index (χ3v) is 2.96. The SMILES string of the molecule is CC(=O)SCCC=Cc1ccccc1C(N)=O. The molecular formula is C13H15NO2S. The highest BCUT2D eigenvalue weighted by atomic mass is 32.2. The van der Waals surface area contributed by atoms with E-state index in [0.29, 0.717) is 5.56 Å². The van der Waals surface area contributed by atoms with E-state index in [0.717, 1.165) is 17.7 Å². The zero-order valence-corrected chi connectivity index (χ0v) is 10.5. The van der Waals surface area contributed by atoms with Crippen molar-refractivity contribution in [3.8, 4) is 0 Å². The number of amides is 1. The second kappa shape index (κ2) is 6.91. The number of hydrogen-bond acceptors (Lipinski definition) is 3. The minimum absolute atomic E-state index is 0.121. The van der Waals surface area contributed by atoms with Gasteiger partial charge in [-0.05, 0) is 18.1 Å². The molecule has 0 fully saturated rings. The van der Waals surface area contributed by atoms with Gasteiger partial charge in [0.05, 0.1) is 0 Å². The summed E-state index contributed by atoms with van der Waals surface area (Å²) >= 11 is 1.30. The number of nitrogens with two attached hydrogens (primary N) is 1. The topological polar surface area (TPSA) is 60.2 Å². The van der Waals surface area contributed by atoms with Crippen LogP contribution in [0.1, 0.15) is 29.3 Å². The van der Waals surface area contributed by atoms with Gasteiger partial charge in [0.15, 0.2) is 5.12 Å². The lowest BCUT2D eigenvalue weighted by Crippen LogP contribution is -2.12. The first kappa shape index (κ1) is 13.5. The van der Waals surface area contributed by atoms with Crippen LogP contribution in [0.2, 0.25) is 0 Å². The van der Waals surface area contributed by atoms with Crippen LogP contribution in [0.5, 0.6) is 0 Å². The second-order valence-electron chi connectivity index (χ2n) is 3.48. The van der Waals surface area contributed by atoms with Crippen LogP contribution in [0.4, 0.5) is 0 Å². The van der Waals surface area contributed by atoms with Crippen molar-refractivity contribution in [3.63, 3.8) is 0 Å². The molecule has 1 rings (SSSR count). The van der Waals surface area contributed by atoms with Gasteiger partial charge >= 0.3 is 0 Å². The molecular weight excluding hydrogens is 234 g/mol. The molecule has 0 aliphatic rings. The molecule has 0 radical (unpaired) electrons. The van der Waals surface area contributed by atoms with Crippen LogP contribution < -0.4 is 5.73 Å². The van der Waals surface area contributed by atoms with Crippen LogP contribution in [0.3, 0.4) is 0 Å². The Morgan fingerprint density at radius 3 is 2.71 bits per heavy atom. The highest BCUT2D eigenvalue weighted by Gasteiger charge is 2.03. The number of primary amides is 1. The van der Waals surface area contributed by atoms with Gasteiger partial charge in [-0.3, -0.25) is 9.59 Å². The molecule has 0 aromatic heterocycles. The number of carbonyl (C=O) groups is 2. The predicted octanol–water partition coefficient (Wildman–Crippen LogP) is 2.47. The van der Waals surface area contributed by atoms with Gasteiger partial charge in [-0.1, -0.05) is 42.1 Å². The van der Waals surface area contributed by atoms with E-state index in [9.17, 15) is 9.59 Å². The Balaban J connectivity index is 2.59. The Kier molecular flexibility index (Phi) is 5.49. The van der Waals surface area contributed by atoms with Crippen molar-refractivity contribution in [2.24, 2.45) is 5.73 Å². The molecule has 0 saturated heterocycles. The lowest BCUT2D eigenvalue weighted by atomic mass is 10.1. The van der Waals surface area contributed by atoms with E-state index < -0.39 is 5.91 Å². The molecule has 0 spiro atoms. The van der Waals surface area contributed by atoms with E-state index in [1.54, 1.807) is 19.1 Å². The zero-order chi connectivity index (χ0) is 12.7. The summed E-state index contributed by atoms with van der Waals surface area (Å²) in [6.07, 6.45) is 4.59. The fourth-order valence-corrected chi connectivity index (χ4v) is 1.89. The van der Waals surface area contributed by atoms with Crippen LogP contribution in [-0.4, -0.2) is 16.8 Å². The van der Waals surface area contributed by atoms with E-state index in [1.807, 2.05) is 24.3 Å². The van der Waals surface area contributed by atoms with Crippen molar-refractivity contribution in [1.29, 1.82) is 0 Å². The van der Waals surface area contributed by atoms with E-state index in [4.69, 9.17) is 5.73 Å². The standard InChI is InChI=1S/C13H15NO2S/c1-10(15)17-9-5-4-7-11-6-2-3-8-12(11)13(14)16/h2-4,6-8H,5,9H2,1H3,(H2,14,16). The molecule has 1 aromatic rings. The Morgan fingerprint density at radius 2 is 2.06 bits per heavy atom. The molecule has 0 atom stereocenters. The molecule has 0 heterocycles. The van der Waals surface area contributed by atoms with Gasteiger partial charge < -0.3 is 5.73 Å². The minimum atomic E-state index is -0.427. The molecule has 0 aliphatic heterocycles. The second-order valence-corrected chi connectivity index (χ2v) is 4.75. The van der Waals surface area contributed by atoms with Gasteiger partial charge in [-0.2, -0.15) is 0 Å². The Bertz CT molecular complexity index is 441. The fraction of sp³-hybridized carbons (Fsp3) is 0.231. The van der Waals surface area contributed by atoms with E-state index in [-0.39, 0.29) is 5.12 Å². The molecule has 4 heteroatoms. The summed E-state index contributed by atoms with van der Waals surface area (Å²) in [7, 11) is 0. The third-order valence-electron chi connectivity index (χ3n) is 2.11. The molecule has 2 N–H and O–H groups in total. The summed E-state index contributed by atoms with van der Waals surface area (Å²) in [4.78, 5) is 21.8. The largest absolute Gasteiger partial charge is 0.366 e. The van der Waals surface area contributed by atoms with Crippen LogP contribution >= 0.6 is 11.8 Å². The van der Waals surface area contributed by atoms with Crippen LogP contribution in [0.15, 0.2) is 30.3 Å². The van der Waals surface area contributed by atoms with Crippen molar-refractivity contribution in [3.05, 3.63) is 41.5 Å². The maximum Gasteiger partial charge on any atom is 0.249 e. The van der Waals surface area contributed by atoms with Crippen LogP contribution in [-0.2, 0) is 4.79 Å². The highest BCUT2D eigenvalue weighted by molar-refractivity contribution is 8.13. The molecule has 0 bridgehead atoms. The normalized spacial score (nSPS) is 10.6. The van der Waals surface area contributed by atoms with Crippen LogP contribution in [0, 0.1) is 0 Å². The number of hydrogen-bond donors (Lipinski definition) is 1. The number of benzene rings is 1. The molecule has 1 aromatic carbocycles. The fourth-order valence-electron chi connectivity index (χ4n) is 1.35. The lowest BCUT2D eigenvalue weighted by Gasteiger charge is -2.00. The molecule has 0 aliphatic carbocycles. The first-order valence-electron chi connectivity index (χ1n) is 5.30. The maximum absolute atomic E-state index is 11.1. The molecule has 0 unspecified atom stereocenters. The van der Waals surface area contributed by atoms with Gasteiger partial charge in [0, 0.05) is 18.2 Å². The minimum Gasteiger partial charge on any atom is -0.366 e. The Hall–Kier alpha value is -1.55. The lowest BCUT2D eigenvalue weighted by molar-refractivity contribution is -0.109. The van der Waals surface area contributed by atoms with Crippen molar-refractivity contribution < 1.29 is 9.59 Å². The van der Waals surface area contributed by atoms with E-state index >= 15 is 0 Å². The van der Waals surface area contributed by atoms with Crippen molar-refractivity contribution in [2.45, 2.75) is 13.3 Å². The predicted molar refractivity (Wildman–Crippen MR) is 71.7 cm³/mol. The highest BCUT2D eigenvalue weighted by Crippen LogP contribution is 2.11. The Morgan fingerprint density at radius 1 is 1.35 bits per heavy atom. The van der Waals surface area contributed by atoms with Gasteiger partial charge in [0.25, 0.3) is 0 Å². The van der Waals surface area contributed by atoms with E-state index in [1.165, 1.54) is 11.8 Å². The summed E-state index contributed by atoms with van der Waals surface area (Å²) in [6, 6.07) is 7.18. The van der Waals surface area contributed by atoms with Gasteiger partial charge in [-0.15, -0.1) is 0 Å². The smallest absolute Gasteiger partial charge is 0.249 e. The molecule has 0 saturated carbocycles. The quantitative estimate of drug-likeness (QED) is 0.815. The number of carbonyl (C=O) groups excluding carboxylic acids is 2. The maximum atomic E-state index is 11.1. The monoisotopic (exact) mass is 249 g/mol. The van der Waals surface area contributed by atoms with Crippen molar-refractivity contribution >= 4 is 28.9 Å². The molecule has 17 heavy (non-hydrogen) atoms. The summed E-state index contributed by atoms with van der Waals surface area (Å²) in [5.41, 5.74) is 6.59. The number of allylic oxidation sites excluding steroid dienone is 1. The first-order chi connectivity index (χ1) is 8.11. The summed E-state index contributed by atoms with van der Waals surface area (Å²) < 4.78 is 0. The number of thioether (sulfide) groups is 1.